The Labute approximate surface area is 176 Å². The molecule has 2 aromatic rings. The lowest BCUT2D eigenvalue weighted by atomic mass is 9.96. The third-order valence-electron chi connectivity index (χ3n) is 4.87. The maximum Gasteiger partial charge on any atom is 0.315 e. The Kier molecular flexibility index (Phi) is 7.88. The number of aromatic nitrogens is 1. The summed E-state index contributed by atoms with van der Waals surface area (Å²) in [6, 6.07) is 9.37. The lowest BCUT2D eigenvalue weighted by Gasteiger charge is -2.23. The molecule has 8 heteroatoms. The van der Waals surface area contributed by atoms with Gasteiger partial charge in [-0.1, -0.05) is 31.4 Å². The van der Waals surface area contributed by atoms with Gasteiger partial charge >= 0.3 is 6.03 Å². The van der Waals surface area contributed by atoms with Gasteiger partial charge in [0.1, 0.15) is 5.69 Å². The van der Waals surface area contributed by atoms with Crippen LogP contribution < -0.4 is 26.0 Å². The number of para-hydroxylation sites is 2. The molecule has 3 amide bonds. The first kappa shape index (κ1) is 21.4. The van der Waals surface area contributed by atoms with Crippen molar-refractivity contribution in [3.63, 3.8) is 0 Å². The van der Waals surface area contributed by atoms with Crippen LogP contribution in [0.2, 0.25) is 0 Å². The van der Waals surface area contributed by atoms with Crippen LogP contribution in [0.3, 0.4) is 0 Å². The minimum atomic E-state index is -0.197. The Bertz CT molecular complexity index is 852. The van der Waals surface area contributed by atoms with Crippen LogP contribution >= 0.6 is 0 Å². The van der Waals surface area contributed by atoms with Crippen molar-refractivity contribution in [1.29, 1.82) is 0 Å². The largest absolute Gasteiger partial charge is 0.453 e. The number of benzene rings is 1. The Morgan fingerprint density at radius 2 is 1.80 bits per heavy atom. The number of urea groups is 1. The predicted octanol–water partition coefficient (Wildman–Crippen LogP) is 3.88. The Balaban J connectivity index is 1.51. The number of ether oxygens (including phenoxy) is 1. The highest BCUT2D eigenvalue weighted by Crippen LogP contribution is 2.33. The Morgan fingerprint density at radius 1 is 1.03 bits per heavy atom. The van der Waals surface area contributed by atoms with Crippen molar-refractivity contribution in [3.8, 4) is 11.5 Å². The number of rotatable bonds is 8. The standard InChI is InChI=1S/C22H29N5O3/c1-16(28)26-19-15-23-12-11-21(19)30-20-10-6-5-9-18(20)24-13-14-25-22(29)27-17-7-3-2-4-8-17/h5-6,9-12,15,17,24H,2-4,7-8,13-14H2,1H3,(H,26,28)(H2,25,27,29). The summed E-state index contributed by atoms with van der Waals surface area (Å²) in [6.45, 7) is 2.47. The van der Waals surface area contributed by atoms with Gasteiger partial charge in [0.25, 0.3) is 0 Å². The molecule has 0 atom stereocenters. The normalized spacial score (nSPS) is 13.9. The highest BCUT2D eigenvalue weighted by Gasteiger charge is 2.15. The van der Waals surface area contributed by atoms with Gasteiger partial charge in [-0.05, 0) is 25.0 Å². The molecule has 0 bridgehead atoms. The number of hydrogen-bond acceptors (Lipinski definition) is 5. The summed E-state index contributed by atoms with van der Waals surface area (Å²) in [5, 5.41) is 11.9. The van der Waals surface area contributed by atoms with E-state index < -0.39 is 0 Å². The fourth-order valence-corrected chi connectivity index (χ4v) is 3.43. The molecule has 1 heterocycles. The summed E-state index contributed by atoms with van der Waals surface area (Å²) < 4.78 is 6.00. The van der Waals surface area contributed by atoms with Crippen LogP contribution in [0.1, 0.15) is 39.0 Å². The molecular weight excluding hydrogens is 382 g/mol. The van der Waals surface area contributed by atoms with E-state index in [4.69, 9.17) is 4.74 Å². The third kappa shape index (κ3) is 6.65. The SMILES string of the molecule is CC(=O)Nc1cnccc1Oc1ccccc1NCCNC(=O)NC1CCCCC1. The summed E-state index contributed by atoms with van der Waals surface area (Å²) in [5.74, 6) is 0.915. The summed E-state index contributed by atoms with van der Waals surface area (Å²) in [7, 11) is 0. The lowest BCUT2D eigenvalue weighted by Crippen LogP contribution is -2.44. The second kappa shape index (κ2) is 11.0. The van der Waals surface area contributed by atoms with Crippen molar-refractivity contribution in [2.75, 3.05) is 23.7 Å². The van der Waals surface area contributed by atoms with Crippen LogP contribution in [0.5, 0.6) is 11.5 Å². The predicted molar refractivity (Wildman–Crippen MR) is 117 cm³/mol. The average molecular weight is 412 g/mol. The molecule has 1 saturated carbocycles. The zero-order valence-corrected chi connectivity index (χ0v) is 17.2. The first-order chi connectivity index (χ1) is 14.6. The Morgan fingerprint density at radius 3 is 2.60 bits per heavy atom. The summed E-state index contributed by atoms with van der Waals surface area (Å²) in [6.07, 6.45) is 8.90. The van der Waals surface area contributed by atoms with Gasteiger partial charge in [-0.3, -0.25) is 9.78 Å². The van der Waals surface area contributed by atoms with Gasteiger partial charge in [0.2, 0.25) is 5.91 Å². The topological polar surface area (TPSA) is 104 Å². The van der Waals surface area contributed by atoms with Gasteiger partial charge in [0.15, 0.2) is 11.5 Å². The minimum absolute atomic E-state index is 0.120. The highest BCUT2D eigenvalue weighted by atomic mass is 16.5. The van der Waals surface area contributed by atoms with Crippen molar-refractivity contribution in [2.24, 2.45) is 0 Å². The molecule has 0 radical (unpaired) electrons. The number of amides is 3. The van der Waals surface area contributed by atoms with Gasteiger partial charge in [-0.25, -0.2) is 4.79 Å². The molecular formula is C22H29N5O3. The van der Waals surface area contributed by atoms with Crippen LogP contribution in [0, 0.1) is 0 Å². The van der Waals surface area contributed by atoms with E-state index in [-0.39, 0.29) is 11.9 Å². The zero-order valence-electron chi connectivity index (χ0n) is 17.2. The molecule has 0 unspecified atom stereocenters. The zero-order chi connectivity index (χ0) is 21.2. The second-order valence-electron chi connectivity index (χ2n) is 7.31. The maximum absolute atomic E-state index is 12.0. The first-order valence-electron chi connectivity index (χ1n) is 10.4. The van der Waals surface area contributed by atoms with Crippen molar-refractivity contribution >= 4 is 23.3 Å². The average Bonchev–Trinajstić information content (AvgIpc) is 2.74. The molecule has 1 aromatic carbocycles. The van der Waals surface area contributed by atoms with E-state index in [1.54, 1.807) is 18.5 Å². The molecule has 160 valence electrons. The van der Waals surface area contributed by atoms with E-state index in [0.717, 1.165) is 18.5 Å². The van der Waals surface area contributed by atoms with E-state index in [9.17, 15) is 9.59 Å². The quantitative estimate of drug-likeness (QED) is 0.494. The van der Waals surface area contributed by atoms with Gasteiger partial charge in [-0.15, -0.1) is 0 Å². The molecule has 1 aromatic heterocycles. The van der Waals surface area contributed by atoms with E-state index in [1.807, 2.05) is 24.3 Å². The molecule has 4 N–H and O–H groups in total. The van der Waals surface area contributed by atoms with E-state index in [1.165, 1.54) is 26.2 Å². The smallest absolute Gasteiger partial charge is 0.315 e. The monoisotopic (exact) mass is 411 g/mol. The second-order valence-corrected chi connectivity index (χ2v) is 7.31. The van der Waals surface area contributed by atoms with Crippen LogP contribution in [-0.4, -0.2) is 36.1 Å². The van der Waals surface area contributed by atoms with Crippen molar-refractivity contribution in [3.05, 3.63) is 42.7 Å². The highest BCUT2D eigenvalue weighted by molar-refractivity contribution is 5.90. The van der Waals surface area contributed by atoms with Gasteiger partial charge in [-0.2, -0.15) is 0 Å². The minimum Gasteiger partial charge on any atom is -0.453 e. The summed E-state index contributed by atoms with van der Waals surface area (Å²) >= 11 is 0. The van der Waals surface area contributed by atoms with Crippen LogP contribution in [-0.2, 0) is 4.79 Å². The van der Waals surface area contributed by atoms with Crippen molar-refractivity contribution < 1.29 is 14.3 Å². The Hall–Kier alpha value is -3.29. The number of nitrogens with zero attached hydrogens (tertiary/aromatic N) is 1. The molecule has 0 aliphatic heterocycles. The molecule has 8 nitrogen and oxygen atoms in total. The van der Waals surface area contributed by atoms with E-state index in [0.29, 0.717) is 36.3 Å². The summed E-state index contributed by atoms with van der Waals surface area (Å²) in [4.78, 5) is 27.5. The number of pyridine rings is 1. The van der Waals surface area contributed by atoms with Gasteiger partial charge < -0.3 is 26.0 Å². The molecule has 0 saturated heterocycles. The van der Waals surface area contributed by atoms with E-state index >= 15 is 0 Å². The number of carbonyl (C=O) groups excluding carboxylic acids is 2. The molecule has 1 aliphatic rings. The van der Waals surface area contributed by atoms with Crippen molar-refractivity contribution in [1.82, 2.24) is 15.6 Å². The van der Waals surface area contributed by atoms with Gasteiger partial charge in [0.05, 0.1) is 11.9 Å². The fourth-order valence-electron chi connectivity index (χ4n) is 3.43. The summed E-state index contributed by atoms with van der Waals surface area (Å²) in [5.41, 5.74) is 1.29. The molecule has 1 fully saturated rings. The number of nitrogens with one attached hydrogen (secondary N) is 4. The first-order valence-corrected chi connectivity index (χ1v) is 10.4. The number of carbonyl (C=O) groups is 2. The third-order valence-corrected chi connectivity index (χ3v) is 4.87. The fraction of sp³-hybridized carbons (Fsp3) is 0.409. The van der Waals surface area contributed by atoms with Crippen LogP contribution in [0.15, 0.2) is 42.7 Å². The molecule has 30 heavy (non-hydrogen) atoms. The van der Waals surface area contributed by atoms with Crippen LogP contribution in [0.25, 0.3) is 0 Å². The molecule has 1 aliphatic carbocycles. The van der Waals surface area contributed by atoms with E-state index in [2.05, 4.69) is 26.3 Å². The molecule has 0 spiro atoms. The molecule has 3 rings (SSSR count). The van der Waals surface area contributed by atoms with Gasteiger partial charge in [0, 0.05) is 38.3 Å². The number of hydrogen-bond donors (Lipinski definition) is 4. The van der Waals surface area contributed by atoms with Crippen LogP contribution in [0.4, 0.5) is 16.2 Å². The van der Waals surface area contributed by atoms with Crippen molar-refractivity contribution in [2.45, 2.75) is 45.1 Å². The maximum atomic E-state index is 12.0. The lowest BCUT2D eigenvalue weighted by molar-refractivity contribution is -0.114. The number of anilines is 2.